The van der Waals surface area contributed by atoms with Crippen molar-refractivity contribution in [1.29, 1.82) is 0 Å². The summed E-state index contributed by atoms with van der Waals surface area (Å²) in [6, 6.07) is 4.39. The van der Waals surface area contributed by atoms with E-state index in [4.69, 9.17) is 9.47 Å². The van der Waals surface area contributed by atoms with Crippen LogP contribution < -0.4 is 0 Å². The van der Waals surface area contributed by atoms with Gasteiger partial charge in [-0.2, -0.15) is 0 Å². The van der Waals surface area contributed by atoms with Gasteiger partial charge in [0.1, 0.15) is 5.82 Å². The van der Waals surface area contributed by atoms with Crippen LogP contribution in [-0.4, -0.2) is 25.2 Å². The summed E-state index contributed by atoms with van der Waals surface area (Å²) in [4.78, 5) is 22.5. The molecule has 22 heavy (non-hydrogen) atoms. The Morgan fingerprint density at radius 1 is 1.32 bits per heavy atom. The van der Waals surface area contributed by atoms with Crippen molar-refractivity contribution in [1.82, 2.24) is 0 Å². The first-order valence-electron chi connectivity index (χ1n) is 6.52. The molecule has 0 aromatic heterocycles. The van der Waals surface area contributed by atoms with E-state index in [0.717, 1.165) is 0 Å². The molecule has 0 aliphatic heterocycles. The van der Waals surface area contributed by atoms with E-state index in [9.17, 15) is 14.0 Å². The van der Waals surface area contributed by atoms with Gasteiger partial charge in [-0.05, 0) is 46.6 Å². The van der Waals surface area contributed by atoms with Crippen LogP contribution in [0.15, 0.2) is 40.9 Å². The SMILES string of the molecule is C=C(C)C(=O)OCCCOC(=O)/C=C/c1ccc(F)c(Br)c1. The van der Waals surface area contributed by atoms with Gasteiger partial charge in [-0.3, -0.25) is 0 Å². The molecule has 0 spiro atoms. The largest absolute Gasteiger partial charge is 0.462 e. The molecule has 0 amide bonds. The zero-order valence-corrected chi connectivity index (χ0v) is 13.7. The van der Waals surface area contributed by atoms with Crippen LogP contribution in [0.1, 0.15) is 18.9 Å². The van der Waals surface area contributed by atoms with Crippen LogP contribution in [0.25, 0.3) is 6.08 Å². The van der Waals surface area contributed by atoms with E-state index in [2.05, 4.69) is 22.5 Å². The number of halogens is 2. The van der Waals surface area contributed by atoms with Crippen molar-refractivity contribution in [2.24, 2.45) is 0 Å². The standard InChI is InChI=1S/C16H16BrFO4/c1-11(2)16(20)22-9-3-8-21-15(19)7-5-12-4-6-14(18)13(17)10-12/h4-7,10H,1,3,8-9H2,2H3/b7-5+. The number of esters is 2. The van der Waals surface area contributed by atoms with Crippen molar-refractivity contribution in [3.05, 3.63) is 52.3 Å². The Kier molecular flexibility index (Phi) is 7.52. The molecule has 0 atom stereocenters. The van der Waals surface area contributed by atoms with Crippen LogP contribution in [-0.2, 0) is 19.1 Å². The minimum atomic E-state index is -0.522. The number of carbonyl (C=O) groups is 2. The molecule has 1 aromatic rings. The lowest BCUT2D eigenvalue weighted by Gasteiger charge is -2.04. The van der Waals surface area contributed by atoms with Crippen molar-refractivity contribution in [2.75, 3.05) is 13.2 Å². The predicted octanol–water partition coefficient (Wildman–Crippen LogP) is 3.65. The summed E-state index contributed by atoms with van der Waals surface area (Å²) in [5.41, 5.74) is 0.992. The maximum atomic E-state index is 13.0. The fraction of sp³-hybridized carbons (Fsp3) is 0.250. The summed E-state index contributed by atoms with van der Waals surface area (Å²) in [5, 5.41) is 0. The van der Waals surface area contributed by atoms with Crippen LogP contribution in [0.4, 0.5) is 4.39 Å². The van der Waals surface area contributed by atoms with E-state index >= 15 is 0 Å². The summed E-state index contributed by atoms with van der Waals surface area (Å²) in [6.45, 7) is 5.31. The van der Waals surface area contributed by atoms with Gasteiger partial charge in [-0.15, -0.1) is 0 Å². The van der Waals surface area contributed by atoms with Gasteiger partial charge in [0.2, 0.25) is 0 Å². The van der Waals surface area contributed by atoms with Gasteiger partial charge in [0.05, 0.1) is 17.7 Å². The van der Waals surface area contributed by atoms with E-state index < -0.39 is 11.9 Å². The highest BCUT2D eigenvalue weighted by molar-refractivity contribution is 9.10. The van der Waals surface area contributed by atoms with E-state index in [1.54, 1.807) is 19.1 Å². The Bertz CT molecular complexity index is 596. The van der Waals surface area contributed by atoms with Crippen LogP contribution in [0.3, 0.4) is 0 Å². The number of hydrogen-bond donors (Lipinski definition) is 0. The van der Waals surface area contributed by atoms with Crippen LogP contribution in [0, 0.1) is 5.82 Å². The topological polar surface area (TPSA) is 52.6 Å². The summed E-state index contributed by atoms with van der Waals surface area (Å²) in [7, 11) is 0. The second-order valence-electron chi connectivity index (χ2n) is 4.44. The van der Waals surface area contributed by atoms with Crippen LogP contribution in [0.5, 0.6) is 0 Å². The van der Waals surface area contributed by atoms with Gasteiger partial charge >= 0.3 is 11.9 Å². The van der Waals surface area contributed by atoms with E-state index in [0.29, 0.717) is 22.0 Å². The first-order valence-corrected chi connectivity index (χ1v) is 7.32. The molecular weight excluding hydrogens is 355 g/mol. The first-order chi connectivity index (χ1) is 10.4. The zero-order valence-electron chi connectivity index (χ0n) is 12.1. The van der Waals surface area contributed by atoms with Crippen molar-refractivity contribution >= 4 is 33.9 Å². The second kappa shape index (κ2) is 9.15. The quantitative estimate of drug-likeness (QED) is 0.417. The number of benzene rings is 1. The molecule has 1 aromatic carbocycles. The summed E-state index contributed by atoms with van der Waals surface area (Å²) in [5.74, 6) is -1.36. The lowest BCUT2D eigenvalue weighted by Crippen LogP contribution is -2.09. The lowest BCUT2D eigenvalue weighted by molar-refractivity contribution is -0.140. The molecule has 0 bridgehead atoms. The molecule has 0 saturated carbocycles. The Hall–Kier alpha value is -1.95. The molecule has 1 rings (SSSR count). The zero-order chi connectivity index (χ0) is 16.5. The second-order valence-corrected chi connectivity index (χ2v) is 5.30. The number of ether oxygens (including phenoxy) is 2. The fourth-order valence-electron chi connectivity index (χ4n) is 1.35. The molecular formula is C16H16BrFO4. The third-order valence-electron chi connectivity index (χ3n) is 2.47. The highest BCUT2D eigenvalue weighted by Crippen LogP contribution is 2.17. The molecule has 0 heterocycles. The molecule has 0 fully saturated rings. The third kappa shape index (κ3) is 6.67. The van der Waals surface area contributed by atoms with Crippen LogP contribution >= 0.6 is 15.9 Å². The Labute approximate surface area is 136 Å². The lowest BCUT2D eigenvalue weighted by atomic mass is 10.2. The van der Waals surface area contributed by atoms with E-state index in [1.165, 1.54) is 18.2 Å². The fourth-order valence-corrected chi connectivity index (χ4v) is 1.74. The molecule has 0 saturated heterocycles. The minimum Gasteiger partial charge on any atom is -0.462 e. The van der Waals surface area contributed by atoms with Gasteiger partial charge < -0.3 is 9.47 Å². The Morgan fingerprint density at radius 2 is 2.00 bits per heavy atom. The summed E-state index contributed by atoms with van der Waals surface area (Å²) < 4.78 is 23.1. The Morgan fingerprint density at radius 3 is 2.64 bits per heavy atom. The van der Waals surface area contributed by atoms with Gasteiger partial charge in [-0.1, -0.05) is 12.6 Å². The monoisotopic (exact) mass is 370 g/mol. The molecule has 118 valence electrons. The van der Waals surface area contributed by atoms with Crippen molar-refractivity contribution < 1.29 is 23.5 Å². The smallest absolute Gasteiger partial charge is 0.333 e. The maximum absolute atomic E-state index is 13.0. The molecule has 0 aliphatic carbocycles. The first kappa shape index (κ1) is 18.1. The molecule has 0 N–H and O–H groups in total. The van der Waals surface area contributed by atoms with Crippen molar-refractivity contribution in [3.63, 3.8) is 0 Å². The average molecular weight is 371 g/mol. The summed E-state index contributed by atoms with van der Waals surface area (Å²) in [6.07, 6.45) is 3.17. The number of carbonyl (C=O) groups excluding carboxylic acids is 2. The van der Waals surface area contributed by atoms with Crippen molar-refractivity contribution in [2.45, 2.75) is 13.3 Å². The molecule has 6 heteroatoms. The highest BCUT2D eigenvalue weighted by Gasteiger charge is 2.03. The third-order valence-corrected chi connectivity index (χ3v) is 3.08. The predicted molar refractivity (Wildman–Crippen MR) is 84.5 cm³/mol. The molecule has 0 radical (unpaired) electrons. The van der Waals surface area contributed by atoms with E-state index in [-0.39, 0.29) is 19.0 Å². The van der Waals surface area contributed by atoms with Crippen LogP contribution in [0.2, 0.25) is 0 Å². The molecule has 4 nitrogen and oxygen atoms in total. The molecule has 0 unspecified atom stereocenters. The number of hydrogen-bond acceptors (Lipinski definition) is 4. The maximum Gasteiger partial charge on any atom is 0.333 e. The van der Waals surface area contributed by atoms with Gasteiger partial charge in [-0.25, -0.2) is 14.0 Å². The molecule has 0 aliphatic rings. The van der Waals surface area contributed by atoms with Gasteiger partial charge in [0.25, 0.3) is 0 Å². The van der Waals surface area contributed by atoms with E-state index in [1.807, 2.05) is 0 Å². The minimum absolute atomic E-state index is 0.139. The van der Waals surface area contributed by atoms with Crippen molar-refractivity contribution in [3.8, 4) is 0 Å². The number of rotatable bonds is 7. The normalized spacial score (nSPS) is 10.5. The van der Waals surface area contributed by atoms with Gasteiger partial charge in [0.15, 0.2) is 0 Å². The summed E-state index contributed by atoms with van der Waals surface area (Å²) >= 11 is 3.06. The Balaban J connectivity index is 2.28. The van der Waals surface area contributed by atoms with Gasteiger partial charge in [0, 0.05) is 18.1 Å². The average Bonchev–Trinajstić information content (AvgIpc) is 2.47. The highest BCUT2D eigenvalue weighted by atomic mass is 79.9.